The summed E-state index contributed by atoms with van der Waals surface area (Å²) >= 11 is 7.51. The van der Waals surface area contributed by atoms with Crippen LogP contribution in [0.4, 0.5) is 23.7 Å². The second-order valence-electron chi connectivity index (χ2n) is 7.21. The number of anilines is 1. The number of hydrogen-bond acceptors (Lipinski definition) is 5. The van der Waals surface area contributed by atoms with Gasteiger partial charge in [-0.2, -0.15) is 18.3 Å². The highest BCUT2D eigenvalue weighted by molar-refractivity contribution is 8.09. The molecule has 0 radical (unpaired) electrons. The summed E-state index contributed by atoms with van der Waals surface area (Å²) < 4.78 is 39.8. The summed E-state index contributed by atoms with van der Waals surface area (Å²) in [6.45, 7) is -1.36. The Morgan fingerprint density at radius 1 is 1.16 bits per heavy atom. The number of urea groups is 1. The molecule has 0 aliphatic carbocycles. The molecule has 3 aromatic rings. The normalized spacial score (nSPS) is 21.0. The SMILES string of the molecule is O=C1NC2C=C(c3ccccc3Cl)SC2C(=O)N1c1cncc2cnn(CC(F)(F)F)c12. The van der Waals surface area contributed by atoms with Crippen molar-refractivity contribution < 1.29 is 22.8 Å². The van der Waals surface area contributed by atoms with E-state index in [-0.39, 0.29) is 16.6 Å². The second kappa shape index (κ2) is 7.52. The molecule has 2 aliphatic heterocycles. The van der Waals surface area contributed by atoms with Crippen molar-refractivity contribution >= 4 is 56.8 Å². The number of alkyl halides is 3. The zero-order chi connectivity index (χ0) is 22.6. The number of aromatic nitrogens is 3. The predicted octanol–water partition coefficient (Wildman–Crippen LogP) is 4.23. The molecule has 1 fully saturated rings. The number of amides is 3. The van der Waals surface area contributed by atoms with Gasteiger partial charge in [0, 0.05) is 27.1 Å². The molecule has 2 unspecified atom stereocenters. The Morgan fingerprint density at radius 2 is 1.94 bits per heavy atom. The standard InChI is InChI=1S/C20H13ClF3N5O2S/c21-12-4-2-1-3-11(12)15-5-13-17(32-15)18(30)29(19(31)27-13)14-8-25-6-10-7-26-28(16(10)14)9-20(22,23)24/h1-8,13,17H,9H2,(H,27,31). The molecule has 1 N–H and O–H groups in total. The Labute approximate surface area is 188 Å². The molecule has 3 amide bonds. The van der Waals surface area contributed by atoms with Crippen LogP contribution in [0.15, 0.2) is 48.9 Å². The van der Waals surface area contributed by atoms with Gasteiger partial charge in [-0.05, 0) is 12.1 Å². The summed E-state index contributed by atoms with van der Waals surface area (Å²) in [4.78, 5) is 31.8. The van der Waals surface area contributed by atoms with E-state index in [0.717, 1.165) is 15.4 Å². The molecule has 1 aromatic carbocycles. The maximum atomic E-state index is 13.3. The molecule has 5 rings (SSSR count). The third-order valence-corrected chi connectivity index (χ3v) is 6.79. The van der Waals surface area contributed by atoms with E-state index in [1.807, 2.05) is 12.1 Å². The molecule has 4 heterocycles. The molecule has 2 aromatic heterocycles. The number of halogens is 4. The van der Waals surface area contributed by atoms with Gasteiger partial charge in [0.1, 0.15) is 11.8 Å². The summed E-state index contributed by atoms with van der Waals surface area (Å²) in [6.07, 6.45) is 0.963. The van der Waals surface area contributed by atoms with Crippen LogP contribution in [0.3, 0.4) is 0 Å². The highest BCUT2D eigenvalue weighted by Gasteiger charge is 2.46. The average Bonchev–Trinajstić information content (AvgIpc) is 3.32. The van der Waals surface area contributed by atoms with Crippen molar-refractivity contribution in [3.63, 3.8) is 0 Å². The molecule has 0 spiro atoms. The quantitative estimate of drug-likeness (QED) is 0.608. The summed E-state index contributed by atoms with van der Waals surface area (Å²) in [6, 6.07) is 5.80. The minimum absolute atomic E-state index is 0.00144. The van der Waals surface area contributed by atoms with Crippen LogP contribution in [-0.2, 0) is 11.3 Å². The van der Waals surface area contributed by atoms with E-state index in [9.17, 15) is 22.8 Å². The molecule has 32 heavy (non-hydrogen) atoms. The average molecular weight is 480 g/mol. The van der Waals surface area contributed by atoms with E-state index in [2.05, 4.69) is 15.4 Å². The number of thioether (sulfide) groups is 1. The molecule has 1 saturated heterocycles. The van der Waals surface area contributed by atoms with Crippen molar-refractivity contribution in [1.82, 2.24) is 20.1 Å². The zero-order valence-electron chi connectivity index (χ0n) is 16.0. The Morgan fingerprint density at radius 3 is 2.69 bits per heavy atom. The topological polar surface area (TPSA) is 80.1 Å². The molecule has 7 nitrogen and oxygen atoms in total. The van der Waals surface area contributed by atoms with Crippen molar-refractivity contribution in [2.24, 2.45) is 0 Å². The first kappa shape index (κ1) is 20.8. The van der Waals surface area contributed by atoms with Crippen LogP contribution in [0, 0.1) is 0 Å². The van der Waals surface area contributed by atoms with Gasteiger partial charge in [-0.1, -0.05) is 29.8 Å². The number of benzene rings is 1. The number of pyridine rings is 1. The van der Waals surface area contributed by atoms with E-state index in [0.29, 0.717) is 9.70 Å². The van der Waals surface area contributed by atoms with E-state index in [1.165, 1.54) is 30.4 Å². The van der Waals surface area contributed by atoms with Crippen LogP contribution in [0.1, 0.15) is 5.56 Å². The van der Waals surface area contributed by atoms with Gasteiger partial charge >= 0.3 is 12.2 Å². The minimum atomic E-state index is -4.53. The smallest absolute Gasteiger partial charge is 0.329 e. The van der Waals surface area contributed by atoms with Crippen molar-refractivity contribution in [2.45, 2.75) is 24.0 Å². The zero-order valence-corrected chi connectivity index (χ0v) is 17.6. The van der Waals surface area contributed by atoms with Crippen LogP contribution in [-0.4, -0.2) is 44.2 Å². The fourth-order valence-electron chi connectivity index (χ4n) is 3.78. The molecule has 2 aliphatic rings. The molecule has 12 heteroatoms. The predicted molar refractivity (Wildman–Crippen MR) is 114 cm³/mol. The number of carbonyl (C=O) groups is 2. The van der Waals surface area contributed by atoms with E-state index >= 15 is 0 Å². The molecular formula is C20H13ClF3N5O2S. The van der Waals surface area contributed by atoms with Crippen molar-refractivity contribution in [1.29, 1.82) is 0 Å². The fraction of sp³-hybridized carbons (Fsp3) is 0.200. The Kier molecular flexibility index (Phi) is 4.90. The van der Waals surface area contributed by atoms with Gasteiger partial charge in [-0.15, -0.1) is 11.8 Å². The molecule has 0 saturated carbocycles. The first-order valence-electron chi connectivity index (χ1n) is 9.37. The second-order valence-corrected chi connectivity index (χ2v) is 8.80. The molecule has 0 bridgehead atoms. The Balaban J connectivity index is 1.52. The number of imide groups is 1. The summed E-state index contributed by atoms with van der Waals surface area (Å²) in [7, 11) is 0. The third-order valence-electron chi connectivity index (χ3n) is 5.10. The van der Waals surface area contributed by atoms with Gasteiger partial charge in [-0.3, -0.25) is 14.5 Å². The number of hydrogen-bond donors (Lipinski definition) is 1. The highest BCUT2D eigenvalue weighted by Crippen LogP contribution is 2.44. The lowest BCUT2D eigenvalue weighted by molar-refractivity contribution is -0.141. The van der Waals surface area contributed by atoms with Crippen LogP contribution in [0.25, 0.3) is 15.8 Å². The van der Waals surface area contributed by atoms with Crippen LogP contribution < -0.4 is 10.2 Å². The molecule has 2 atom stereocenters. The van der Waals surface area contributed by atoms with Gasteiger partial charge in [0.05, 0.1) is 29.6 Å². The number of carbonyl (C=O) groups excluding carboxylic acids is 2. The number of nitrogens with zero attached hydrogens (tertiary/aromatic N) is 4. The van der Waals surface area contributed by atoms with Crippen molar-refractivity contribution in [3.8, 4) is 0 Å². The van der Waals surface area contributed by atoms with Gasteiger partial charge < -0.3 is 5.32 Å². The van der Waals surface area contributed by atoms with Crippen molar-refractivity contribution in [2.75, 3.05) is 4.90 Å². The fourth-order valence-corrected chi connectivity index (χ4v) is 5.37. The van der Waals surface area contributed by atoms with E-state index < -0.39 is 36.0 Å². The number of nitrogens with one attached hydrogen (secondary N) is 1. The summed E-state index contributed by atoms with van der Waals surface area (Å²) in [5, 5.41) is 6.60. The lowest BCUT2D eigenvalue weighted by Gasteiger charge is -2.33. The first-order chi connectivity index (χ1) is 15.2. The lowest BCUT2D eigenvalue weighted by atomic mass is 10.1. The van der Waals surface area contributed by atoms with Gasteiger partial charge in [0.2, 0.25) is 0 Å². The van der Waals surface area contributed by atoms with Gasteiger partial charge in [0.15, 0.2) is 0 Å². The monoisotopic (exact) mass is 479 g/mol. The Bertz CT molecular complexity index is 1290. The van der Waals surface area contributed by atoms with Gasteiger partial charge in [-0.25, -0.2) is 9.69 Å². The maximum absolute atomic E-state index is 13.3. The van der Waals surface area contributed by atoms with Crippen molar-refractivity contribution in [3.05, 3.63) is 59.5 Å². The van der Waals surface area contributed by atoms with Crippen LogP contribution >= 0.6 is 23.4 Å². The van der Waals surface area contributed by atoms with Crippen LogP contribution in [0.5, 0.6) is 0 Å². The lowest BCUT2D eigenvalue weighted by Crippen LogP contribution is -2.60. The number of fused-ring (bicyclic) bond motifs is 2. The van der Waals surface area contributed by atoms with Gasteiger partial charge in [0.25, 0.3) is 5.91 Å². The first-order valence-corrected chi connectivity index (χ1v) is 10.6. The number of rotatable bonds is 3. The summed E-state index contributed by atoms with van der Waals surface area (Å²) in [5.74, 6) is -0.559. The van der Waals surface area contributed by atoms with E-state index in [4.69, 9.17) is 11.6 Å². The molecule has 164 valence electrons. The minimum Gasteiger partial charge on any atom is -0.329 e. The maximum Gasteiger partial charge on any atom is 0.408 e. The summed E-state index contributed by atoms with van der Waals surface area (Å²) in [5.41, 5.74) is 0.674. The van der Waals surface area contributed by atoms with E-state index in [1.54, 1.807) is 18.2 Å². The third kappa shape index (κ3) is 3.51. The van der Waals surface area contributed by atoms with Crippen LogP contribution in [0.2, 0.25) is 5.02 Å². The molecular weight excluding hydrogens is 467 g/mol. The Hall–Kier alpha value is -3.05. The highest BCUT2D eigenvalue weighted by atomic mass is 35.5. The largest absolute Gasteiger partial charge is 0.408 e.